The third-order valence-electron chi connectivity index (χ3n) is 2.23. The Kier molecular flexibility index (Phi) is 8.17. The molecule has 0 aromatic carbocycles. The fourth-order valence-electron chi connectivity index (χ4n) is 1.39. The molecule has 0 amide bonds. The van der Waals surface area contributed by atoms with Crippen LogP contribution in [0.15, 0.2) is 5.38 Å². The highest BCUT2D eigenvalue weighted by Gasteiger charge is 2.02. The van der Waals surface area contributed by atoms with Crippen molar-refractivity contribution in [1.82, 2.24) is 10.3 Å². The maximum atomic E-state index is 5.51. The molecule has 5 heteroatoms. The lowest BCUT2D eigenvalue weighted by molar-refractivity contribution is 0.0136. The number of nitrogens with one attached hydrogen (secondary N) is 1. The summed E-state index contributed by atoms with van der Waals surface area (Å²) < 4.78 is 10.9. The van der Waals surface area contributed by atoms with Gasteiger partial charge in [-0.25, -0.2) is 4.98 Å². The van der Waals surface area contributed by atoms with Gasteiger partial charge in [-0.05, 0) is 26.8 Å². The minimum absolute atomic E-state index is 0.268. The molecule has 0 saturated carbocycles. The van der Waals surface area contributed by atoms with Crippen LogP contribution in [0.5, 0.6) is 0 Å². The molecule has 0 radical (unpaired) electrons. The second kappa shape index (κ2) is 9.44. The molecular formula is C13H24N2O2S. The first kappa shape index (κ1) is 15.6. The van der Waals surface area contributed by atoms with Gasteiger partial charge in [-0.2, -0.15) is 0 Å². The van der Waals surface area contributed by atoms with E-state index in [4.69, 9.17) is 9.47 Å². The predicted molar refractivity (Wildman–Crippen MR) is 74.9 cm³/mol. The fourth-order valence-corrected chi connectivity index (χ4v) is 2.14. The Bertz CT molecular complexity index is 316. The molecule has 104 valence electrons. The topological polar surface area (TPSA) is 43.4 Å². The number of hydrogen-bond acceptors (Lipinski definition) is 5. The number of nitrogens with zero attached hydrogens (tertiary/aromatic N) is 1. The fraction of sp³-hybridized carbons (Fsp3) is 0.769. The molecule has 18 heavy (non-hydrogen) atoms. The Morgan fingerprint density at radius 3 is 2.94 bits per heavy atom. The van der Waals surface area contributed by atoms with Crippen LogP contribution in [0.3, 0.4) is 0 Å². The second-order valence-electron chi connectivity index (χ2n) is 4.38. The molecule has 0 aliphatic rings. The summed E-state index contributed by atoms with van der Waals surface area (Å²) in [6, 6.07) is 0. The molecule has 1 aromatic heterocycles. The highest BCUT2D eigenvalue weighted by Crippen LogP contribution is 2.10. The van der Waals surface area contributed by atoms with Crippen LogP contribution in [0.4, 0.5) is 0 Å². The summed E-state index contributed by atoms with van der Waals surface area (Å²) in [5, 5.41) is 6.53. The molecule has 0 spiro atoms. The highest BCUT2D eigenvalue weighted by molar-refractivity contribution is 7.09. The van der Waals surface area contributed by atoms with Crippen molar-refractivity contribution in [1.29, 1.82) is 0 Å². The van der Waals surface area contributed by atoms with E-state index >= 15 is 0 Å². The van der Waals surface area contributed by atoms with Crippen molar-refractivity contribution in [2.24, 2.45) is 0 Å². The van der Waals surface area contributed by atoms with E-state index in [9.17, 15) is 0 Å². The van der Waals surface area contributed by atoms with E-state index in [-0.39, 0.29) is 6.10 Å². The summed E-state index contributed by atoms with van der Waals surface area (Å²) in [5.41, 5.74) is 1.01. The Hall–Kier alpha value is -0.490. The van der Waals surface area contributed by atoms with Gasteiger partial charge in [0.25, 0.3) is 0 Å². The Morgan fingerprint density at radius 1 is 1.39 bits per heavy atom. The van der Waals surface area contributed by atoms with Gasteiger partial charge in [0.15, 0.2) is 0 Å². The monoisotopic (exact) mass is 272 g/mol. The first-order valence-electron chi connectivity index (χ1n) is 6.55. The van der Waals surface area contributed by atoms with Gasteiger partial charge in [0.05, 0.1) is 31.6 Å². The molecule has 0 aliphatic heterocycles. The van der Waals surface area contributed by atoms with Gasteiger partial charge < -0.3 is 14.8 Å². The van der Waals surface area contributed by atoms with Crippen LogP contribution >= 0.6 is 11.3 Å². The average molecular weight is 272 g/mol. The van der Waals surface area contributed by atoms with Crippen LogP contribution in [-0.2, 0) is 22.6 Å². The third-order valence-corrected chi connectivity index (χ3v) is 3.13. The van der Waals surface area contributed by atoms with E-state index < -0.39 is 0 Å². The van der Waals surface area contributed by atoms with Crippen molar-refractivity contribution in [3.63, 3.8) is 0 Å². The van der Waals surface area contributed by atoms with Crippen LogP contribution < -0.4 is 5.32 Å². The summed E-state index contributed by atoms with van der Waals surface area (Å²) in [6.45, 7) is 9.95. The van der Waals surface area contributed by atoms with Crippen LogP contribution in [0.2, 0.25) is 0 Å². The van der Waals surface area contributed by atoms with Gasteiger partial charge in [-0.1, -0.05) is 6.92 Å². The number of hydrogen-bond donors (Lipinski definition) is 1. The lowest BCUT2D eigenvalue weighted by Gasteiger charge is -2.07. The van der Waals surface area contributed by atoms with Gasteiger partial charge in [0, 0.05) is 11.9 Å². The molecule has 1 heterocycles. The molecule has 0 fully saturated rings. The molecule has 1 rings (SSSR count). The molecule has 0 aliphatic carbocycles. The highest BCUT2D eigenvalue weighted by atomic mass is 32.1. The minimum Gasteiger partial charge on any atom is -0.376 e. The van der Waals surface area contributed by atoms with Gasteiger partial charge >= 0.3 is 0 Å². The summed E-state index contributed by atoms with van der Waals surface area (Å²) >= 11 is 1.68. The standard InChI is InChI=1S/C13H24N2O2S/c1-4-5-14-8-13-15-12(10-18-13)9-16-6-7-17-11(2)3/h10-11,14H,4-9H2,1-3H3. The molecule has 1 N–H and O–H groups in total. The SMILES string of the molecule is CCCNCc1nc(COCCOC(C)C)cs1. The second-order valence-corrected chi connectivity index (χ2v) is 5.32. The maximum absolute atomic E-state index is 5.51. The minimum atomic E-state index is 0.268. The Labute approximate surface area is 114 Å². The summed E-state index contributed by atoms with van der Waals surface area (Å²) in [4.78, 5) is 4.51. The normalized spacial score (nSPS) is 11.3. The van der Waals surface area contributed by atoms with Gasteiger partial charge in [-0.15, -0.1) is 11.3 Å². The average Bonchev–Trinajstić information content (AvgIpc) is 2.77. The molecule has 0 unspecified atom stereocenters. The summed E-state index contributed by atoms with van der Waals surface area (Å²) in [5.74, 6) is 0. The Morgan fingerprint density at radius 2 is 2.22 bits per heavy atom. The van der Waals surface area contributed by atoms with Crippen molar-refractivity contribution in [2.45, 2.75) is 46.4 Å². The van der Waals surface area contributed by atoms with Crippen molar-refractivity contribution in [2.75, 3.05) is 19.8 Å². The van der Waals surface area contributed by atoms with E-state index in [1.165, 1.54) is 0 Å². The first-order chi connectivity index (χ1) is 8.72. The number of ether oxygens (including phenoxy) is 2. The predicted octanol–water partition coefficient (Wildman–Crippen LogP) is 2.58. The lowest BCUT2D eigenvalue weighted by atomic mass is 10.5. The third kappa shape index (κ3) is 7.06. The summed E-state index contributed by atoms with van der Waals surface area (Å²) in [7, 11) is 0. The van der Waals surface area contributed by atoms with Crippen molar-refractivity contribution in [3.8, 4) is 0 Å². The van der Waals surface area contributed by atoms with E-state index in [0.29, 0.717) is 19.8 Å². The lowest BCUT2D eigenvalue weighted by Crippen LogP contribution is -2.13. The van der Waals surface area contributed by atoms with E-state index in [0.717, 1.165) is 30.2 Å². The molecule has 1 aromatic rings. The Balaban J connectivity index is 2.11. The first-order valence-corrected chi connectivity index (χ1v) is 7.43. The molecule has 4 nitrogen and oxygen atoms in total. The quantitative estimate of drug-likeness (QED) is 0.665. The largest absolute Gasteiger partial charge is 0.376 e. The van der Waals surface area contributed by atoms with Crippen LogP contribution in [-0.4, -0.2) is 30.8 Å². The number of aromatic nitrogens is 1. The van der Waals surface area contributed by atoms with Crippen molar-refractivity contribution in [3.05, 3.63) is 16.1 Å². The van der Waals surface area contributed by atoms with Gasteiger partial charge in [0.2, 0.25) is 0 Å². The molecule has 0 atom stereocenters. The van der Waals surface area contributed by atoms with E-state index in [1.54, 1.807) is 11.3 Å². The molecule has 0 saturated heterocycles. The van der Waals surface area contributed by atoms with Crippen LogP contribution in [0, 0.1) is 0 Å². The zero-order valence-electron chi connectivity index (χ0n) is 11.6. The zero-order chi connectivity index (χ0) is 13.2. The van der Waals surface area contributed by atoms with E-state index in [2.05, 4.69) is 22.6 Å². The van der Waals surface area contributed by atoms with Gasteiger partial charge in [0.1, 0.15) is 5.01 Å². The van der Waals surface area contributed by atoms with E-state index in [1.807, 2.05) is 13.8 Å². The van der Waals surface area contributed by atoms with Crippen molar-refractivity contribution >= 4 is 11.3 Å². The van der Waals surface area contributed by atoms with Gasteiger partial charge in [-0.3, -0.25) is 0 Å². The zero-order valence-corrected chi connectivity index (χ0v) is 12.4. The smallest absolute Gasteiger partial charge is 0.107 e. The van der Waals surface area contributed by atoms with Crippen LogP contribution in [0.1, 0.15) is 37.9 Å². The van der Waals surface area contributed by atoms with Crippen molar-refractivity contribution < 1.29 is 9.47 Å². The maximum Gasteiger partial charge on any atom is 0.107 e. The summed E-state index contributed by atoms with van der Waals surface area (Å²) in [6.07, 6.45) is 1.42. The number of rotatable bonds is 10. The van der Waals surface area contributed by atoms with Crippen LogP contribution in [0.25, 0.3) is 0 Å². The number of thiazole rings is 1. The molecular weight excluding hydrogens is 248 g/mol. The molecule has 0 bridgehead atoms.